The molecular weight excluding hydrogens is 504 g/mol. The van der Waals surface area contributed by atoms with Crippen molar-refractivity contribution in [1.82, 2.24) is 10.6 Å². The van der Waals surface area contributed by atoms with Gasteiger partial charge in [-0.3, -0.25) is 0 Å². The van der Waals surface area contributed by atoms with Gasteiger partial charge in [0.25, 0.3) is 0 Å². The summed E-state index contributed by atoms with van der Waals surface area (Å²) in [5.41, 5.74) is 1.01. The molecule has 0 radical (unpaired) electrons. The second-order valence-electron chi connectivity index (χ2n) is 11.6. The lowest BCUT2D eigenvalue weighted by molar-refractivity contribution is -0.139. The first-order chi connectivity index (χ1) is 17.6. The van der Waals surface area contributed by atoms with E-state index >= 15 is 0 Å². The molecule has 0 aliphatic carbocycles. The molecule has 0 unspecified atom stereocenters. The first kappa shape index (κ1) is 33.4. The molecule has 0 aromatic heterocycles. The second kappa shape index (κ2) is 15.1. The Kier molecular flexibility index (Phi) is 13.3. The minimum atomic E-state index is -2.35. The highest BCUT2D eigenvalue weighted by Crippen LogP contribution is 2.43. The second-order valence-corrected chi connectivity index (χ2v) is 17.0. The number of rotatable bonds is 14. The van der Waals surface area contributed by atoms with E-state index in [-0.39, 0.29) is 19.6 Å². The molecule has 0 bridgehead atoms. The van der Waals surface area contributed by atoms with Gasteiger partial charge in [0.2, 0.25) is 8.32 Å². The van der Waals surface area contributed by atoms with E-state index in [1.807, 2.05) is 30.3 Å². The number of carbonyl (C=O) groups is 3. The first-order valence-corrected chi connectivity index (χ1v) is 15.6. The van der Waals surface area contributed by atoms with Gasteiger partial charge >= 0.3 is 18.2 Å². The van der Waals surface area contributed by atoms with Crippen LogP contribution >= 0.6 is 0 Å². The normalized spacial score (nSPS) is 13.8. The van der Waals surface area contributed by atoms with Crippen LogP contribution in [0.2, 0.25) is 16.6 Å². The molecule has 2 atom stereocenters. The van der Waals surface area contributed by atoms with Crippen LogP contribution in [0.3, 0.4) is 0 Å². The van der Waals surface area contributed by atoms with Crippen molar-refractivity contribution in [3.05, 3.63) is 35.9 Å². The zero-order chi connectivity index (χ0) is 29.1. The standard InChI is InChI=1S/C28H48N2O7Si/c1-19(2)38(20(3)4,21(5)6)37-23(17-29-26(33)35-18-22-13-11-10-12-14-22)15-16-24(25(31)32)30-27(34)36-28(7,8)9/h10-14,19-21,23-24H,15-18H2,1-9H3,(H,29,33)(H,30,34)(H,31,32)/t23-,24-/m0/s1. The van der Waals surface area contributed by atoms with Gasteiger partial charge in [0.05, 0.1) is 6.10 Å². The summed E-state index contributed by atoms with van der Waals surface area (Å²) in [6.07, 6.45) is -1.40. The zero-order valence-corrected chi connectivity index (χ0v) is 25.5. The molecule has 0 aliphatic rings. The lowest BCUT2D eigenvalue weighted by Gasteiger charge is -2.44. The Hall–Kier alpha value is -2.59. The van der Waals surface area contributed by atoms with E-state index in [0.29, 0.717) is 23.0 Å². The summed E-state index contributed by atoms with van der Waals surface area (Å²) in [5.74, 6) is -1.16. The minimum Gasteiger partial charge on any atom is -0.480 e. The van der Waals surface area contributed by atoms with Crippen LogP contribution in [0.5, 0.6) is 0 Å². The van der Waals surface area contributed by atoms with Gasteiger partial charge in [-0.25, -0.2) is 14.4 Å². The molecule has 216 valence electrons. The lowest BCUT2D eigenvalue weighted by Crippen LogP contribution is -2.52. The summed E-state index contributed by atoms with van der Waals surface area (Å²) >= 11 is 0. The van der Waals surface area contributed by atoms with Crippen LogP contribution in [-0.4, -0.2) is 55.9 Å². The summed E-state index contributed by atoms with van der Waals surface area (Å²) in [4.78, 5) is 36.6. The van der Waals surface area contributed by atoms with Gasteiger partial charge in [0.15, 0.2) is 0 Å². The molecule has 9 nitrogen and oxygen atoms in total. The summed E-state index contributed by atoms with van der Waals surface area (Å²) in [6, 6.07) is 8.22. The Morgan fingerprint density at radius 1 is 0.895 bits per heavy atom. The number of benzene rings is 1. The molecule has 10 heteroatoms. The van der Waals surface area contributed by atoms with E-state index in [2.05, 4.69) is 52.2 Å². The van der Waals surface area contributed by atoms with Crippen molar-refractivity contribution in [2.45, 2.75) is 116 Å². The monoisotopic (exact) mass is 552 g/mol. The number of ether oxygens (including phenoxy) is 2. The Morgan fingerprint density at radius 2 is 1.45 bits per heavy atom. The third-order valence-electron chi connectivity index (χ3n) is 6.53. The molecule has 38 heavy (non-hydrogen) atoms. The van der Waals surface area contributed by atoms with Crippen molar-refractivity contribution in [2.75, 3.05) is 6.54 Å². The largest absolute Gasteiger partial charge is 0.480 e. The molecule has 1 rings (SSSR count). The molecule has 0 spiro atoms. The molecule has 1 aromatic rings. The highest BCUT2D eigenvalue weighted by Gasteiger charge is 2.46. The van der Waals surface area contributed by atoms with Crippen LogP contribution in [-0.2, 0) is 25.3 Å². The van der Waals surface area contributed by atoms with E-state index in [9.17, 15) is 19.5 Å². The van der Waals surface area contributed by atoms with Crippen LogP contribution in [0.25, 0.3) is 0 Å². The van der Waals surface area contributed by atoms with Gasteiger partial charge in [-0.05, 0) is 55.8 Å². The SMILES string of the molecule is CC(C)[Si](O[C@@H](CC[C@H](NC(=O)OC(C)(C)C)C(=O)O)CNC(=O)OCc1ccccc1)(C(C)C)C(C)C. The fourth-order valence-electron chi connectivity index (χ4n) is 4.93. The smallest absolute Gasteiger partial charge is 0.408 e. The Morgan fingerprint density at radius 3 is 1.92 bits per heavy atom. The predicted octanol–water partition coefficient (Wildman–Crippen LogP) is 6.23. The number of aliphatic carboxylic acids is 1. The summed E-state index contributed by atoms with van der Waals surface area (Å²) < 4.78 is 17.5. The van der Waals surface area contributed by atoms with Gasteiger partial charge in [-0.2, -0.15) is 0 Å². The van der Waals surface area contributed by atoms with Crippen molar-refractivity contribution >= 4 is 26.5 Å². The average molecular weight is 553 g/mol. The van der Waals surface area contributed by atoms with Crippen molar-refractivity contribution < 1.29 is 33.4 Å². The Balaban J connectivity index is 3.00. The predicted molar refractivity (Wildman–Crippen MR) is 151 cm³/mol. The minimum absolute atomic E-state index is 0.110. The maximum absolute atomic E-state index is 12.5. The van der Waals surface area contributed by atoms with E-state index in [4.69, 9.17) is 13.9 Å². The quantitative estimate of drug-likeness (QED) is 0.234. The maximum atomic E-state index is 12.5. The van der Waals surface area contributed by atoms with Gasteiger partial charge in [-0.1, -0.05) is 71.9 Å². The van der Waals surface area contributed by atoms with Crippen molar-refractivity contribution in [3.63, 3.8) is 0 Å². The van der Waals surface area contributed by atoms with E-state index in [1.165, 1.54) is 0 Å². The van der Waals surface area contributed by atoms with Gasteiger partial charge in [0, 0.05) is 6.54 Å². The van der Waals surface area contributed by atoms with Crippen LogP contribution in [0.15, 0.2) is 30.3 Å². The number of amides is 2. The highest BCUT2D eigenvalue weighted by molar-refractivity contribution is 6.77. The highest BCUT2D eigenvalue weighted by atomic mass is 28.4. The molecule has 0 fully saturated rings. The molecule has 2 amide bonds. The number of hydrogen-bond donors (Lipinski definition) is 3. The summed E-state index contributed by atoms with van der Waals surface area (Å²) in [6.45, 7) is 18.4. The zero-order valence-electron chi connectivity index (χ0n) is 24.5. The topological polar surface area (TPSA) is 123 Å². The first-order valence-electron chi connectivity index (χ1n) is 13.4. The Bertz CT molecular complexity index is 863. The number of carboxylic acid groups (broad SMARTS) is 1. The Labute approximate surface area is 229 Å². The molecular formula is C28H48N2O7Si. The third kappa shape index (κ3) is 11.0. The van der Waals surface area contributed by atoms with Gasteiger partial charge in [0.1, 0.15) is 18.2 Å². The van der Waals surface area contributed by atoms with E-state index < -0.39 is 44.2 Å². The number of hydrogen-bond acceptors (Lipinski definition) is 6. The molecule has 0 aliphatic heterocycles. The van der Waals surface area contributed by atoms with E-state index in [0.717, 1.165) is 5.56 Å². The molecule has 0 heterocycles. The molecule has 0 saturated heterocycles. The maximum Gasteiger partial charge on any atom is 0.408 e. The summed E-state index contributed by atoms with van der Waals surface area (Å²) in [5, 5.41) is 15.0. The van der Waals surface area contributed by atoms with Crippen LogP contribution in [0, 0.1) is 0 Å². The molecule has 0 saturated carbocycles. The number of alkyl carbamates (subject to hydrolysis) is 2. The summed E-state index contributed by atoms with van der Waals surface area (Å²) in [7, 11) is -2.35. The molecule has 3 N–H and O–H groups in total. The van der Waals surface area contributed by atoms with Crippen molar-refractivity contribution in [3.8, 4) is 0 Å². The fourth-order valence-corrected chi connectivity index (χ4v) is 10.5. The number of carbonyl (C=O) groups excluding carboxylic acids is 2. The molecule has 1 aromatic carbocycles. The van der Waals surface area contributed by atoms with Crippen LogP contribution in [0.4, 0.5) is 9.59 Å². The lowest BCUT2D eigenvalue weighted by atomic mass is 10.1. The van der Waals surface area contributed by atoms with Gasteiger partial charge in [-0.15, -0.1) is 0 Å². The van der Waals surface area contributed by atoms with E-state index in [1.54, 1.807) is 20.8 Å². The van der Waals surface area contributed by atoms with Crippen molar-refractivity contribution in [1.29, 1.82) is 0 Å². The number of nitrogens with one attached hydrogen (secondary N) is 2. The van der Waals surface area contributed by atoms with Crippen LogP contribution in [0.1, 0.15) is 80.7 Å². The number of carboxylic acids is 1. The third-order valence-corrected chi connectivity index (χ3v) is 12.7. The van der Waals surface area contributed by atoms with Crippen LogP contribution < -0.4 is 10.6 Å². The fraction of sp³-hybridized carbons (Fsp3) is 0.679. The van der Waals surface area contributed by atoms with Gasteiger partial charge < -0.3 is 29.6 Å². The average Bonchev–Trinajstić information content (AvgIpc) is 2.79. The van der Waals surface area contributed by atoms with Crippen molar-refractivity contribution in [2.24, 2.45) is 0 Å².